The first-order valence-electron chi connectivity index (χ1n) is 20.4. The third-order valence-corrected chi connectivity index (χ3v) is 11.9. The van der Waals surface area contributed by atoms with E-state index in [2.05, 4.69) is 94.6 Å². The number of pyridine rings is 2. The van der Waals surface area contributed by atoms with Crippen LogP contribution >= 0.6 is 0 Å². The fraction of sp³-hybridized carbons (Fsp3) is 0.457. The van der Waals surface area contributed by atoms with Crippen molar-refractivity contribution in [2.75, 3.05) is 50.7 Å². The van der Waals surface area contributed by atoms with Crippen LogP contribution in [0, 0.1) is 11.8 Å². The smallest absolute Gasteiger partial charge is 0.223 e. The number of fused-ring (bicyclic) bond motifs is 2. The fourth-order valence-corrected chi connectivity index (χ4v) is 8.19. The maximum absolute atomic E-state index is 11.8. The van der Waals surface area contributed by atoms with Gasteiger partial charge in [0.2, 0.25) is 5.91 Å². The largest absolute Gasteiger partial charge is 0.388 e. The van der Waals surface area contributed by atoms with Crippen molar-refractivity contribution in [2.24, 2.45) is 11.8 Å². The van der Waals surface area contributed by atoms with Gasteiger partial charge in [-0.3, -0.25) is 14.8 Å². The molecule has 0 unspecified atom stereocenters. The molecule has 0 aliphatic carbocycles. The highest BCUT2D eigenvalue weighted by Crippen LogP contribution is 2.36. The zero-order valence-corrected chi connectivity index (χ0v) is 34.7. The van der Waals surface area contributed by atoms with Gasteiger partial charge in [0.05, 0.1) is 44.3 Å². The van der Waals surface area contributed by atoms with Crippen LogP contribution in [0.15, 0.2) is 85.2 Å². The second-order valence-corrected chi connectivity index (χ2v) is 16.6. The third-order valence-electron chi connectivity index (χ3n) is 11.9. The summed E-state index contributed by atoms with van der Waals surface area (Å²) in [7, 11) is 3.74. The van der Waals surface area contributed by atoms with E-state index in [0.717, 1.165) is 116 Å². The first-order chi connectivity index (χ1) is 27.5. The highest BCUT2D eigenvalue weighted by Gasteiger charge is 2.33. The Hall–Kier alpha value is -5.13. The lowest BCUT2D eigenvalue weighted by molar-refractivity contribution is -0.116. The minimum absolute atomic E-state index is 0.00465. The number of aromatic nitrogens is 6. The molecule has 2 aromatic carbocycles. The summed E-state index contributed by atoms with van der Waals surface area (Å²) in [5, 5.41) is 3.22. The highest BCUT2D eigenvalue weighted by molar-refractivity contribution is 5.93. The van der Waals surface area contributed by atoms with Gasteiger partial charge >= 0.3 is 0 Å². The van der Waals surface area contributed by atoms with Crippen LogP contribution in [0.3, 0.4) is 0 Å². The van der Waals surface area contributed by atoms with E-state index in [1.165, 1.54) is 5.52 Å². The predicted molar refractivity (Wildman–Crippen MR) is 228 cm³/mol. The van der Waals surface area contributed by atoms with Crippen molar-refractivity contribution < 1.29 is 14.3 Å². The van der Waals surface area contributed by atoms with E-state index >= 15 is 0 Å². The van der Waals surface area contributed by atoms with Crippen molar-refractivity contribution in [3.05, 3.63) is 108 Å². The Bertz CT molecular complexity index is 2270. The van der Waals surface area contributed by atoms with Gasteiger partial charge in [-0.1, -0.05) is 12.1 Å². The number of rotatable bonds is 10. The van der Waals surface area contributed by atoms with Gasteiger partial charge in [0.1, 0.15) is 11.6 Å². The monoisotopic (exact) mass is 770 g/mol. The Labute approximate surface area is 336 Å². The van der Waals surface area contributed by atoms with Crippen LogP contribution in [0.2, 0.25) is 0 Å². The van der Waals surface area contributed by atoms with Crippen molar-refractivity contribution >= 4 is 39.3 Å². The molecule has 2 saturated heterocycles. The molecule has 1 amide bonds. The number of ether oxygens (including phenoxy) is 2. The van der Waals surface area contributed by atoms with Crippen LogP contribution in [0.1, 0.15) is 83.3 Å². The van der Waals surface area contributed by atoms with Crippen molar-refractivity contribution in [3.63, 3.8) is 0 Å². The number of nitrogens with zero attached hydrogens (tertiary/aromatic N) is 7. The summed E-state index contributed by atoms with van der Waals surface area (Å²) in [6, 6.07) is 24.7. The van der Waals surface area contributed by atoms with Crippen LogP contribution in [-0.4, -0.2) is 75.5 Å². The molecule has 2 aliphatic rings. The summed E-state index contributed by atoms with van der Waals surface area (Å²) < 4.78 is 15.9. The first-order valence-corrected chi connectivity index (χ1v) is 20.4. The number of carbonyl (C=O) groups is 1. The molecule has 0 atom stereocenters. The molecule has 0 bridgehead atoms. The summed E-state index contributed by atoms with van der Waals surface area (Å²) in [4.78, 5) is 32.9. The molecular weight excluding hydrogens is 713 g/mol. The SMILES string of the molecule is CC(=O)N(C)c1ccc2c(c1)nc(C(C)(C)c1ccccn1)n2CC1CCOCC1.CNc1ccc2c(c1)nc(C(C)(C)c1ccccn1)n2CC1CCOCC1. The number of carbonyl (C=O) groups excluding carboxylic acids is 1. The molecule has 2 fully saturated rings. The Balaban J connectivity index is 0.000000175. The van der Waals surface area contributed by atoms with Crippen molar-refractivity contribution in [1.82, 2.24) is 29.1 Å². The Kier molecular flexibility index (Phi) is 12.1. The topological polar surface area (TPSA) is 112 Å². The summed E-state index contributed by atoms with van der Waals surface area (Å²) in [6.07, 6.45) is 8.04. The van der Waals surface area contributed by atoms with Crippen LogP contribution in [0.25, 0.3) is 22.1 Å². The predicted octanol–water partition coefficient (Wildman–Crippen LogP) is 8.39. The molecule has 6 heterocycles. The molecule has 11 nitrogen and oxygen atoms in total. The number of anilines is 2. The van der Waals surface area contributed by atoms with Gasteiger partial charge in [-0.25, -0.2) is 9.97 Å². The molecule has 0 spiro atoms. The van der Waals surface area contributed by atoms with Crippen molar-refractivity contribution in [2.45, 2.75) is 84.2 Å². The van der Waals surface area contributed by atoms with Gasteiger partial charge in [0.25, 0.3) is 0 Å². The number of amides is 1. The van der Waals surface area contributed by atoms with Gasteiger partial charge in [0.15, 0.2) is 0 Å². The highest BCUT2D eigenvalue weighted by atomic mass is 16.5. The quantitative estimate of drug-likeness (QED) is 0.148. The molecule has 0 radical (unpaired) electrons. The van der Waals surface area contributed by atoms with Crippen molar-refractivity contribution in [1.29, 1.82) is 0 Å². The standard InChI is InChI=1S/C24H30N4O2.C22H28N4O/c1-17(29)27(4)19-8-9-21-20(15-19)26-23(24(2,3)22-7-5-6-12-25-22)28(21)16-18-10-13-30-14-11-18;1-22(2,20-6-4-5-11-24-20)21-25-18-14-17(23-3)7-8-19(18)26(21)15-16-9-12-27-13-10-16/h5-9,12,15,18H,10-11,13-14,16H2,1-4H3;4-8,11,14,16,23H,9-10,12-13,15H2,1-3H3. The maximum Gasteiger partial charge on any atom is 0.223 e. The summed E-state index contributed by atoms with van der Waals surface area (Å²) in [6.45, 7) is 15.6. The van der Waals surface area contributed by atoms with Gasteiger partial charge in [-0.2, -0.15) is 0 Å². The first kappa shape index (κ1) is 40.1. The van der Waals surface area contributed by atoms with Crippen LogP contribution < -0.4 is 10.2 Å². The van der Waals surface area contributed by atoms with E-state index < -0.39 is 0 Å². The lowest BCUT2D eigenvalue weighted by atomic mass is 9.87. The number of benzene rings is 2. The molecule has 57 heavy (non-hydrogen) atoms. The lowest BCUT2D eigenvalue weighted by Crippen LogP contribution is -2.28. The molecular formula is C46H58N8O3. The van der Waals surface area contributed by atoms with Crippen LogP contribution in [0.4, 0.5) is 11.4 Å². The summed E-state index contributed by atoms with van der Waals surface area (Å²) in [5.74, 6) is 3.28. The van der Waals surface area contributed by atoms with E-state index in [4.69, 9.17) is 19.4 Å². The third kappa shape index (κ3) is 8.60. The number of imidazole rings is 2. The Morgan fingerprint density at radius 3 is 1.63 bits per heavy atom. The van der Waals surface area contributed by atoms with Gasteiger partial charge < -0.3 is 28.8 Å². The number of nitrogens with one attached hydrogen (secondary N) is 1. The van der Waals surface area contributed by atoms with Crippen LogP contribution in [-0.2, 0) is 38.2 Å². The van der Waals surface area contributed by atoms with Crippen LogP contribution in [0.5, 0.6) is 0 Å². The summed E-state index contributed by atoms with van der Waals surface area (Å²) in [5.41, 5.74) is 7.59. The van der Waals surface area contributed by atoms with E-state index in [9.17, 15) is 4.79 Å². The molecule has 0 saturated carbocycles. The molecule has 300 valence electrons. The second-order valence-electron chi connectivity index (χ2n) is 16.6. The Morgan fingerprint density at radius 1 is 0.719 bits per heavy atom. The average molecular weight is 771 g/mol. The minimum atomic E-state index is -0.349. The van der Waals surface area contributed by atoms with Gasteiger partial charge in [0, 0.05) is 84.3 Å². The zero-order chi connectivity index (χ0) is 40.2. The molecule has 4 aromatic heterocycles. The lowest BCUT2D eigenvalue weighted by Gasteiger charge is -2.28. The van der Waals surface area contributed by atoms with Gasteiger partial charge in [-0.05, 0) is 126 Å². The van der Waals surface area contributed by atoms with Crippen molar-refractivity contribution in [3.8, 4) is 0 Å². The molecule has 11 heteroatoms. The average Bonchev–Trinajstić information content (AvgIpc) is 3.80. The molecule has 1 N–H and O–H groups in total. The zero-order valence-electron chi connectivity index (χ0n) is 34.7. The summed E-state index contributed by atoms with van der Waals surface area (Å²) >= 11 is 0. The molecule has 6 aromatic rings. The second kappa shape index (κ2) is 17.2. The molecule has 8 rings (SSSR count). The van der Waals surface area contributed by atoms with Gasteiger partial charge in [-0.15, -0.1) is 0 Å². The minimum Gasteiger partial charge on any atom is -0.388 e. The normalized spacial score (nSPS) is 15.7. The Morgan fingerprint density at radius 2 is 1.19 bits per heavy atom. The number of hydrogen-bond acceptors (Lipinski definition) is 8. The molecule has 2 aliphatic heterocycles. The fourth-order valence-electron chi connectivity index (χ4n) is 8.19. The van der Waals surface area contributed by atoms with E-state index in [1.54, 1.807) is 18.9 Å². The van der Waals surface area contributed by atoms with E-state index in [0.29, 0.717) is 11.8 Å². The van der Waals surface area contributed by atoms with E-state index in [-0.39, 0.29) is 16.7 Å². The van der Waals surface area contributed by atoms with E-state index in [1.807, 2.05) is 49.8 Å². The maximum atomic E-state index is 11.8. The number of hydrogen-bond donors (Lipinski definition) is 1.